The van der Waals surface area contributed by atoms with Crippen molar-refractivity contribution in [1.29, 1.82) is 0 Å². The Morgan fingerprint density at radius 1 is 0.950 bits per heavy atom. The first-order valence-corrected chi connectivity index (χ1v) is 5.63. The molecule has 0 aliphatic carbocycles. The van der Waals surface area contributed by atoms with Crippen LogP contribution in [0.1, 0.15) is 20.8 Å². The van der Waals surface area contributed by atoms with Crippen LogP contribution < -0.4 is 20.8 Å². The molecule has 1 saturated heterocycles. The van der Waals surface area contributed by atoms with E-state index < -0.39 is 11.9 Å². The zero-order chi connectivity index (χ0) is 13.4. The first kappa shape index (κ1) is 20.3. The number of quaternary nitrogens is 2. The maximum absolute atomic E-state index is 10.2. The number of carbonyl (C=O) groups excluding carboxylic acids is 2. The summed E-state index contributed by atoms with van der Waals surface area (Å²) in [6.07, 6.45) is 0.903. The molecule has 0 spiro atoms. The molecule has 20 heavy (non-hydrogen) atoms. The average molecular weight is 289 g/mol. The van der Waals surface area contributed by atoms with E-state index in [2.05, 4.69) is 15.6 Å². The van der Waals surface area contributed by atoms with Crippen molar-refractivity contribution in [3.8, 4) is 0 Å². The highest BCUT2D eigenvalue weighted by molar-refractivity contribution is 5.87. The monoisotopic (exact) mass is 289 g/mol. The molecule has 2 heterocycles. The molecule has 8 N–H and O–H groups in total. The number of nitrogens with two attached hydrogens (primary N) is 2. The van der Waals surface area contributed by atoms with Gasteiger partial charge in [0.15, 0.2) is 0 Å². The van der Waals surface area contributed by atoms with Gasteiger partial charge >= 0.3 is 0 Å². The minimum absolute atomic E-state index is 0. The van der Waals surface area contributed by atoms with Gasteiger partial charge in [0, 0.05) is 11.8 Å². The van der Waals surface area contributed by atoms with Crippen LogP contribution in [0.2, 0.25) is 0 Å². The van der Waals surface area contributed by atoms with E-state index in [0.717, 1.165) is 18.3 Å². The molecule has 2 rings (SSSR count). The fraction of sp³-hybridized carbons (Fsp3) is 0.364. The molecule has 1 aliphatic heterocycles. The number of hydrogen-bond donors (Lipinski definition) is 2. The summed E-state index contributed by atoms with van der Waals surface area (Å²) in [6.45, 7) is 5.28. The number of carbonyl (C=O) groups is 2. The van der Waals surface area contributed by atoms with Gasteiger partial charge in [-0.3, -0.25) is 4.98 Å². The zero-order valence-corrected chi connectivity index (χ0v) is 10.8. The minimum atomic E-state index is -1.44. The quantitative estimate of drug-likeness (QED) is 0.545. The normalized spacial score (nSPS) is 12.8. The van der Waals surface area contributed by atoms with Gasteiger partial charge in [0.1, 0.15) is 26.2 Å². The second-order valence-corrected chi connectivity index (χ2v) is 3.74. The molecule has 0 radical (unpaired) electrons. The number of piperazine rings is 1. The van der Waals surface area contributed by atoms with Gasteiger partial charge in [-0.15, -0.1) is 0 Å². The van der Waals surface area contributed by atoms with Crippen molar-refractivity contribution in [2.24, 2.45) is 0 Å². The Morgan fingerprint density at radius 3 is 1.70 bits per heavy atom. The molecule has 1 aromatic heterocycles. The lowest BCUT2D eigenvalue weighted by atomic mass is 10.2. The van der Waals surface area contributed by atoms with Crippen LogP contribution in [-0.2, 0) is 0 Å². The maximum atomic E-state index is 10.2. The topological polar surface area (TPSA) is 189 Å². The molecule has 0 amide bonds. The van der Waals surface area contributed by atoms with Crippen LogP contribution in [0.15, 0.2) is 18.3 Å². The summed E-state index contributed by atoms with van der Waals surface area (Å²) in [7, 11) is 0. The molecule has 1 fully saturated rings. The van der Waals surface area contributed by atoms with Gasteiger partial charge in [0.25, 0.3) is 0 Å². The van der Waals surface area contributed by atoms with Crippen molar-refractivity contribution in [3.63, 3.8) is 0 Å². The summed E-state index contributed by atoms with van der Waals surface area (Å²) in [5.74, 6) is -2.84. The molecule has 114 valence electrons. The van der Waals surface area contributed by atoms with Crippen LogP contribution in [-0.4, -0.2) is 54.1 Å². The Kier molecular flexibility index (Phi) is 11.0. The molecular formula is C11H19N3O6. The number of aromatic carboxylic acids is 2. The highest BCUT2D eigenvalue weighted by Crippen LogP contribution is 1.97. The standard InChI is InChI=1S/C7H5NO4.C4H10N2.2H2O/c9-6(10)4-1-2-5(7(11)12)8-3-4;1-2-6-4-3-5-1;;/h1-3H,(H,9,10)(H,11,12);5-6H,1-4H2;2*1H2. The van der Waals surface area contributed by atoms with E-state index in [0.29, 0.717) is 0 Å². The largest absolute Gasteiger partial charge is 0.545 e. The first-order valence-electron chi connectivity index (χ1n) is 5.63. The molecular weight excluding hydrogens is 270 g/mol. The molecule has 0 atom stereocenters. The number of hydrogen-bond acceptors (Lipinski definition) is 5. The lowest BCUT2D eigenvalue weighted by Crippen LogP contribution is -3.04. The second-order valence-electron chi connectivity index (χ2n) is 3.74. The Bertz CT molecular complexity index is 361. The molecule has 1 aliphatic rings. The molecule has 0 unspecified atom stereocenters. The molecule has 9 heteroatoms. The Labute approximate surface area is 115 Å². The van der Waals surface area contributed by atoms with E-state index in [-0.39, 0.29) is 22.2 Å². The van der Waals surface area contributed by atoms with Crippen LogP contribution in [0.25, 0.3) is 0 Å². The molecule has 0 aromatic carbocycles. The second kappa shape index (κ2) is 10.8. The van der Waals surface area contributed by atoms with Crippen LogP contribution >= 0.6 is 0 Å². The Morgan fingerprint density at radius 2 is 1.45 bits per heavy atom. The van der Waals surface area contributed by atoms with Gasteiger partial charge in [-0.05, 0) is 12.1 Å². The SMILES string of the molecule is C1C[NH2+]CC[NH2+]1.O.O.O=C([O-])c1ccc(C(=O)[O-])nc1. The number of carboxylic acids is 2. The van der Waals surface area contributed by atoms with Crippen molar-refractivity contribution in [1.82, 2.24) is 4.98 Å². The van der Waals surface area contributed by atoms with E-state index in [4.69, 9.17) is 0 Å². The third-order valence-corrected chi connectivity index (χ3v) is 2.36. The number of aromatic nitrogens is 1. The molecule has 9 nitrogen and oxygen atoms in total. The predicted molar refractivity (Wildman–Crippen MR) is 63.4 cm³/mol. The lowest BCUT2D eigenvalue weighted by Gasteiger charge is -2.04. The van der Waals surface area contributed by atoms with Gasteiger partial charge in [0.05, 0.1) is 17.6 Å². The summed E-state index contributed by atoms with van der Waals surface area (Å²) in [4.78, 5) is 23.6. The predicted octanol–water partition coefficient (Wildman–Crippen LogP) is -6.71. The van der Waals surface area contributed by atoms with Gasteiger partial charge in [-0.1, -0.05) is 0 Å². The van der Waals surface area contributed by atoms with Crippen molar-refractivity contribution in [3.05, 3.63) is 29.6 Å². The number of pyridine rings is 1. The maximum Gasteiger partial charge on any atom is 0.125 e. The van der Waals surface area contributed by atoms with Crippen molar-refractivity contribution < 1.29 is 41.4 Å². The fourth-order valence-electron chi connectivity index (χ4n) is 1.40. The highest BCUT2D eigenvalue weighted by atomic mass is 16.4. The van der Waals surface area contributed by atoms with Crippen molar-refractivity contribution >= 4 is 11.9 Å². The Balaban J connectivity index is 0. The van der Waals surface area contributed by atoms with Gasteiger partial charge < -0.3 is 41.4 Å². The summed E-state index contributed by atoms with van der Waals surface area (Å²) in [5, 5.41) is 25.0. The van der Waals surface area contributed by atoms with Crippen molar-refractivity contribution in [2.45, 2.75) is 0 Å². The van der Waals surface area contributed by atoms with Crippen LogP contribution in [0, 0.1) is 0 Å². The third kappa shape index (κ3) is 7.38. The molecule has 0 bridgehead atoms. The minimum Gasteiger partial charge on any atom is -0.545 e. The van der Waals surface area contributed by atoms with Crippen LogP contribution in [0.5, 0.6) is 0 Å². The first-order chi connectivity index (χ1) is 8.61. The zero-order valence-electron chi connectivity index (χ0n) is 10.8. The van der Waals surface area contributed by atoms with Crippen LogP contribution in [0.4, 0.5) is 0 Å². The van der Waals surface area contributed by atoms with Gasteiger partial charge in [0.2, 0.25) is 0 Å². The molecule has 1 aromatic rings. The average Bonchev–Trinajstić information content (AvgIpc) is 2.41. The van der Waals surface area contributed by atoms with E-state index in [1.165, 1.54) is 26.2 Å². The van der Waals surface area contributed by atoms with E-state index in [1.807, 2.05) is 0 Å². The van der Waals surface area contributed by atoms with Crippen molar-refractivity contribution in [2.75, 3.05) is 26.2 Å². The third-order valence-electron chi connectivity index (χ3n) is 2.36. The van der Waals surface area contributed by atoms with E-state index >= 15 is 0 Å². The van der Waals surface area contributed by atoms with Gasteiger partial charge in [-0.2, -0.15) is 0 Å². The highest BCUT2D eigenvalue weighted by Gasteiger charge is 1.99. The van der Waals surface area contributed by atoms with Crippen LogP contribution in [0.3, 0.4) is 0 Å². The summed E-state index contributed by atoms with van der Waals surface area (Å²) in [6, 6.07) is 2.13. The summed E-state index contributed by atoms with van der Waals surface area (Å²) >= 11 is 0. The Hall–Kier alpha value is -2.07. The van der Waals surface area contributed by atoms with E-state index in [1.54, 1.807) is 0 Å². The number of nitrogens with zero attached hydrogens (tertiary/aromatic N) is 1. The summed E-state index contributed by atoms with van der Waals surface area (Å²) in [5.41, 5.74) is -0.472. The van der Waals surface area contributed by atoms with E-state index in [9.17, 15) is 19.8 Å². The van der Waals surface area contributed by atoms with Gasteiger partial charge in [-0.25, -0.2) is 0 Å². The fourth-order valence-corrected chi connectivity index (χ4v) is 1.40. The molecule has 0 saturated carbocycles. The smallest absolute Gasteiger partial charge is 0.125 e. The lowest BCUT2D eigenvalue weighted by molar-refractivity contribution is -0.787. The number of carboxylic acid groups (broad SMARTS) is 2. The summed E-state index contributed by atoms with van der Waals surface area (Å²) < 4.78 is 0. The number of rotatable bonds is 2.